The van der Waals surface area contributed by atoms with Gasteiger partial charge in [0.05, 0.1) is 6.04 Å². The molecule has 0 spiro atoms. The van der Waals surface area contributed by atoms with Crippen molar-refractivity contribution < 1.29 is 14.3 Å². The molecule has 1 saturated heterocycles. The summed E-state index contributed by atoms with van der Waals surface area (Å²) in [7, 11) is 0. The molecular weight excluding hydrogens is 388 g/mol. The molecule has 1 aliphatic heterocycles. The number of benzene rings is 1. The van der Waals surface area contributed by atoms with Crippen LogP contribution < -0.4 is 10.6 Å². The third kappa shape index (κ3) is 4.95. The molecule has 3 fully saturated rings. The Hall–Kier alpha value is -2.01. The molecule has 1 heterocycles. The van der Waals surface area contributed by atoms with Gasteiger partial charge in [-0.2, -0.15) is 0 Å². The normalized spacial score (nSPS) is 29.3. The lowest BCUT2D eigenvalue weighted by Crippen LogP contribution is -2.55. The van der Waals surface area contributed by atoms with E-state index in [4.69, 9.17) is 16.3 Å². The second-order valence-electron chi connectivity index (χ2n) is 8.47. The minimum Gasteiger partial charge on any atom is -0.483 e. The number of halogens is 1. The van der Waals surface area contributed by atoms with Crippen molar-refractivity contribution in [3.63, 3.8) is 0 Å². The van der Waals surface area contributed by atoms with E-state index < -0.39 is 0 Å². The van der Waals surface area contributed by atoms with Gasteiger partial charge in [0.1, 0.15) is 6.10 Å². The number of fused-ring (bicyclic) bond motifs is 1. The second kappa shape index (κ2) is 9.21. The molecule has 0 bridgehead atoms. The van der Waals surface area contributed by atoms with Gasteiger partial charge in [0, 0.05) is 17.0 Å². The van der Waals surface area contributed by atoms with Gasteiger partial charge < -0.3 is 15.4 Å². The number of hydrogen-bond donors (Lipinski definition) is 2. The molecule has 3 atom stereocenters. The third-order valence-corrected chi connectivity index (χ3v) is 6.71. The largest absolute Gasteiger partial charge is 0.483 e. The zero-order valence-corrected chi connectivity index (χ0v) is 17.4. The van der Waals surface area contributed by atoms with Crippen LogP contribution in [0.2, 0.25) is 5.02 Å². The Labute approximate surface area is 177 Å². The summed E-state index contributed by atoms with van der Waals surface area (Å²) in [6.07, 6.45) is 10.9. The highest BCUT2D eigenvalue weighted by Gasteiger charge is 2.40. The van der Waals surface area contributed by atoms with Gasteiger partial charge in [0.2, 0.25) is 5.91 Å². The average Bonchev–Trinajstić information content (AvgIpc) is 2.98. The van der Waals surface area contributed by atoms with E-state index in [1.807, 2.05) is 18.2 Å². The highest BCUT2D eigenvalue weighted by atomic mass is 35.5. The maximum atomic E-state index is 12.8. The molecule has 1 aromatic rings. The quantitative estimate of drug-likeness (QED) is 0.573. The molecule has 0 radical (unpaired) electrons. The Kier molecular flexibility index (Phi) is 6.43. The van der Waals surface area contributed by atoms with E-state index in [0.29, 0.717) is 23.2 Å². The molecule has 2 N–H and O–H groups in total. The first-order valence-corrected chi connectivity index (χ1v) is 11.2. The molecule has 2 aliphatic carbocycles. The lowest BCUT2D eigenvalue weighted by atomic mass is 9.82. The SMILES string of the molecule is O=C1NC2CC(C(=O)NC3CCCCCC3)CCC2O/C1=C\c1ccccc1Cl. The number of amides is 2. The Morgan fingerprint density at radius 2 is 1.86 bits per heavy atom. The highest BCUT2D eigenvalue weighted by molar-refractivity contribution is 6.32. The Bertz CT molecular complexity index is 786. The first kappa shape index (κ1) is 20.3. The zero-order valence-electron chi connectivity index (χ0n) is 16.7. The lowest BCUT2D eigenvalue weighted by Gasteiger charge is -2.40. The highest BCUT2D eigenvalue weighted by Crippen LogP contribution is 2.32. The number of rotatable bonds is 3. The summed E-state index contributed by atoms with van der Waals surface area (Å²) in [5.74, 6) is 0.135. The molecule has 2 amide bonds. The van der Waals surface area contributed by atoms with Crippen LogP contribution in [0.5, 0.6) is 0 Å². The van der Waals surface area contributed by atoms with E-state index in [2.05, 4.69) is 10.6 Å². The maximum Gasteiger partial charge on any atom is 0.286 e. The van der Waals surface area contributed by atoms with Crippen molar-refractivity contribution in [1.29, 1.82) is 0 Å². The van der Waals surface area contributed by atoms with Gasteiger partial charge in [0.15, 0.2) is 5.76 Å². The molecule has 4 rings (SSSR count). The van der Waals surface area contributed by atoms with Crippen molar-refractivity contribution >= 4 is 29.5 Å². The Balaban J connectivity index is 1.36. The van der Waals surface area contributed by atoms with Crippen molar-refractivity contribution in [3.8, 4) is 0 Å². The molecule has 156 valence electrons. The average molecular weight is 417 g/mol. The van der Waals surface area contributed by atoms with Gasteiger partial charge in [-0.15, -0.1) is 0 Å². The Morgan fingerprint density at radius 3 is 2.62 bits per heavy atom. The van der Waals surface area contributed by atoms with Crippen LogP contribution in [-0.2, 0) is 14.3 Å². The number of hydrogen-bond acceptors (Lipinski definition) is 3. The fourth-order valence-electron chi connectivity index (χ4n) is 4.71. The first-order valence-electron chi connectivity index (χ1n) is 10.8. The molecule has 3 aliphatic rings. The second-order valence-corrected chi connectivity index (χ2v) is 8.88. The molecule has 3 unspecified atom stereocenters. The van der Waals surface area contributed by atoms with Crippen molar-refractivity contribution in [2.45, 2.75) is 76.0 Å². The van der Waals surface area contributed by atoms with Gasteiger partial charge in [-0.3, -0.25) is 9.59 Å². The molecule has 1 aromatic carbocycles. The predicted octanol–water partition coefficient (Wildman–Crippen LogP) is 4.20. The summed E-state index contributed by atoms with van der Waals surface area (Å²) in [4.78, 5) is 25.3. The van der Waals surface area contributed by atoms with Crippen LogP contribution in [0.4, 0.5) is 0 Å². The minimum absolute atomic E-state index is 0.0579. The van der Waals surface area contributed by atoms with Crippen molar-refractivity contribution in [2.24, 2.45) is 5.92 Å². The van der Waals surface area contributed by atoms with E-state index in [9.17, 15) is 9.59 Å². The molecule has 6 heteroatoms. The van der Waals surface area contributed by atoms with Crippen molar-refractivity contribution in [3.05, 3.63) is 40.6 Å². The van der Waals surface area contributed by atoms with Gasteiger partial charge in [0.25, 0.3) is 5.91 Å². The number of ether oxygens (including phenoxy) is 1. The minimum atomic E-state index is -0.240. The van der Waals surface area contributed by atoms with Crippen LogP contribution in [0.25, 0.3) is 6.08 Å². The van der Waals surface area contributed by atoms with Gasteiger partial charge >= 0.3 is 0 Å². The summed E-state index contributed by atoms with van der Waals surface area (Å²) in [6, 6.07) is 7.56. The standard InChI is InChI=1S/C23H29ClN2O3/c24-18-10-6-5-7-15(18)14-21-23(28)26-19-13-16(11-12-20(19)29-21)22(27)25-17-8-3-1-2-4-9-17/h5-7,10,14,16-17,19-20H,1-4,8-9,11-13H2,(H,25,27)(H,26,28)/b21-14-. The van der Waals surface area contributed by atoms with Gasteiger partial charge in [-0.25, -0.2) is 0 Å². The monoisotopic (exact) mass is 416 g/mol. The summed E-state index contributed by atoms with van der Waals surface area (Å²) >= 11 is 6.20. The summed E-state index contributed by atoms with van der Waals surface area (Å²) < 4.78 is 6.01. The number of carbonyl (C=O) groups excluding carboxylic acids is 2. The first-order chi connectivity index (χ1) is 14.1. The molecule has 29 heavy (non-hydrogen) atoms. The number of nitrogens with one attached hydrogen (secondary N) is 2. The summed E-state index contributed by atoms with van der Waals surface area (Å²) in [6.45, 7) is 0. The van der Waals surface area contributed by atoms with Crippen molar-refractivity contribution in [2.75, 3.05) is 0 Å². The summed E-state index contributed by atoms with van der Waals surface area (Å²) in [5.41, 5.74) is 0.759. The van der Waals surface area contributed by atoms with E-state index in [1.165, 1.54) is 25.7 Å². The van der Waals surface area contributed by atoms with E-state index in [0.717, 1.165) is 31.2 Å². The van der Waals surface area contributed by atoms with Crippen LogP contribution in [0, 0.1) is 5.92 Å². The number of carbonyl (C=O) groups is 2. The fourth-order valence-corrected chi connectivity index (χ4v) is 4.90. The maximum absolute atomic E-state index is 12.8. The van der Waals surface area contributed by atoms with Crippen molar-refractivity contribution in [1.82, 2.24) is 10.6 Å². The summed E-state index contributed by atoms with van der Waals surface area (Å²) in [5, 5.41) is 6.90. The Morgan fingerprint density at radius 1 is 1.10 bits per heavy atom. The van der Waals surface area contributed by atoms with Gasteiger partial charge in [-0.1, -0.05) is 55.5 Å². The van der Waals surface area contributed by atoms with Crippen LogP contribution in [0.3, 0.4) is 0 Å². The predicted molar refractivity (Wildman–Crippen MR) is 113 cm³/mol. The molecule has 5 nitrogen and oxygen atoms in total. The van der Waals surface area contributed by atoms with Crippen LogP contribution in [-0.4, -0.2) is 30.0 Å². The smallest absolute Gasteiger partial charge is 0.286 e. The zero-order chi connectivity index (χ0) is 20.2. The van der Waals surface area contributed by atoms with Crippen LogP contribution in [0.15, 0.2) is 30.0 Å². The molecular formula is C23H29ClN2O3. The van der Waals surface area contributed by atoms with Crippen LogP contribution in [0.1, 0.15) is 63.4 Å². The number of morpholine rings is 1. The van der Waals surface area contributed by atoms with E-state index >= 15 is 0 Å². The van der Waals surface area contributed by atoms with Gasteiger partial charge in [-0.05, 0) is 49.8 Å². The topological polar surface area (TPSA) is 67.4 Å². The van der Waals surface area contributed by atoms with E-state index in [1.54, 1.807) is 12.1 Å². The fraction of sp³-hybridized carbons (Fsp3) is 0.565. The molecule has 0 aromatic heterocycles. The van der Waals surface area contributed by atoms with Crippen LogP contribution >= 0.6 is 11.6 Å². The van der Waals surface area contributed by atoms with E-state index in [-0.39, 0.29) is 29.9 Å². The lowest BCUT2D eigenvalue weighted by molar-refractivity contribution is -0.135. The third-order valence-electron chi connectivity index (χ3n) is 6.37. The molecule has 2 saturated carbocycles.